The minimum absolute atomic E-state index is 0.555. The summed E-state index contributed by atoms with van der Waals surface area (Å²) in [5.74, 6) is 6.78. The van der Waals surface area contributed by atoms with Gasteiger partial charge in [-0.3, -0.25) is 0 Å². The van der Waals surface area contributed by atoms with Crippen LogP contribution in [0.5, 0.6) is 0 Å². The highest BCUT2D eigenvalue weighted by atomic mass is 16.3. The lowest BCUT2D eigenvalue weighted by atomic mass is 9.92. The fraction of sp³-hybridized carbons (Fsp3) is 0.875. The summed E-state index contributed by atoms with van der Waals surface area (Å²) in [5.41, 5.74) is -1.99. The predicted octanol–water partition coefficient (Wildman–Crippen LogP) is 3.36. The molecule has 0 rings (SSSR count). The van der Waals surface area contributed by atoms with Gasteiger partial charge in [0, 0.05) is 0 Å². The van der Waals surface area contributed by atoms with Gasteiger partial charge in [0.05, 0.1) is 0 Å². The van der Waals surface area contributed by atoms with E-state index in [4.69, 9.17) is 0 Å². The molecule has 0 aromatic carbocycles. The van der Waals surface area contributed by atoms with Crippen LogP contribution in [0.4, 0.5) is 0 Å². The Kier molecular flexibility index (Phi) is 6.96. The maximum atomic E-state index is 10.1. The molecule has 2 heteroatoms. The monoisotopic (exact) mass is 254 g/mol. The van der Waals surface area contributed by atoms with Crippen LogP contribution in [0, 0.1) is 23.7 Å². The molecule has 0 aliphatic heterocycles. The molecule has 0 amide bonds. The third kappa shape index (κ3) is 9.50. The molecule has 2 N–H and O–H groups in total. The first-order valence-corrected chi connectivity index (χ1v) is 7.03. The highest BCUT2D eigenvalue weighted by Crippen LogP contribution is 2.18. The Morgan fingerprint density at radius 3 is 1.28 bits per heavy atom. The number of aliphatic hydroxyl groups is 2. The smallest absolute Gasteiger partial charge is 0.122 e. The van der Waals surface area contributed by atoms with Crippen molar-refractivity contribution >= 4 is 0 Å². The van der Waals surface area contributed by atoms with Crippen molar-refractivity contribution in [3.63, 3.8) is 0 Å². The van der Waals surface area contributed by atoms with Gasteiger partial charge in [-0.05, 0) is 51.4 Å². The van der Waals surface area contributed by atoms with Crippen LogP contribution in [-0.2, 0) is 0 Å². The first kappa shape index (κ1) is 17.5. The van der Waals surface area contributed by atoms with E-state index in [1.165, 1.54) is 0 Å². The van der Waals surface area contributed by atoms with Crippen LogP contribution in [0.25, 0.3) is 0 Å². The van der Waals surface area contributed by atoms with Gasteiger partial charge in [0.2, 0.25) is 0 Å². The van der Waals surface area contributed by atoms with Gasteiger partial charge in [-0.25, -0.2) is 0 Å². The Labute approximate surface area is 113 Å². The van der Waals surface area contributed by atoms with Crippen LogP contribution in [0.1, 0.15) is 67.2 Å². The van der Waals surface area contributed by atoms with Crippen LogP contribution in [0.3, 0.4) is 0 Å². The molecule has 0 fully saturated rings. The van der Waals surface area contributed by atoms with Gasteiger partial charge in [-0.15, -0.1) is 0 Å². The van der Waals surface area contributed by atoms with Crippen molar-refractivity contribution < 1.29 is 10.2 Å². The quantitative estimate of drug-likeness (QED) is 0.714. The summed E-state index contributed by atoms with van der Waals surface area (Å²) in [7, 11) is 0. The minimum atomic E-state index is -0.994. The first-order valence-electron chi connectivity index (χ1n) is 7.03. The Bertz CT molecular complexity index is 262. The van der Waals surface area contributed by atoms with E-state index in [0.717, 1.165) is 12.8 Å². The third-order valence-corrected chi connectivity index (χ3v) is 3.02. The molecule has 0 saturated heterocycles. The van der Waals surface area contributed by atoms with Gasteiger partial charge in [0.1, 0.15) is 11.2 Å². The zero-order chi connectivity index (χ0) is 14.4. The van der Waals surface area contributed by atoms with Gasteiger partial charge in [0.15, 0.2) is 0 Å². The van der Waals surface area contributed by atoms with Crippen LogP contribution in [0.2, 0.25) is 0 Å². The molecule has 0 spiro atoms. The summed E-state index contributed by atoms with van der Waals surface area (Å²) >= 11 is 0. The van der Waals surface area contributed by atoms with Gasteiger partial charge >= 0.3 is 0 Å². The molecule has 0 unspecified atom stereocenters. The van der Waals surface area contributed by atoms with Crippen LogP contribution in [-0.4, -0.2) is 21.4 Å². The summed E-state index contributed by atoms with van der Waals surface area (Å²) in [6.45, 7) is 12.0. The van der Waals surface area contributed by atoms with Crippen LogP contribution >= 0.6 is 0 Å². The average molecular weight is 254 g/mol. The van der Waals surface area contributed by atoms with E-state index in [1.54, 1.807) is 13.8 Å². The molecule has 0 aliphatic rings. The third-order valence-electron chi connectivity index (χ3n) is 3.02. The molecule has 2 atom stereocenters. The van der Waals surface area contributed by atoms with Crippen LogP contribution < -0.4 is 0 Å². The Morgan fingerprint density at radius 1 is 0.778 bits per heavy atom. The Balaban J connectivity index is 4.42. The lowest BCUT2D eigenvalue weighted by Crippen LogP contribution is -2.26. The second-order valence-corrected chi connectivity index (χ2v) is 6.66. The van der Waals surface area contributed by atoms with E-state index in [2.05, 4.69) is 39.5 Å². The number of hydrogen-bond donors (Lipinski definition) is 2. The van der Waals surface area contributed by atoms with E-state index in [0.29, 0.717) is 24.7 Å². The number of rotatable bonds is 6. The minimum Gasteiger partial charge on any atom is -0.378 e. The lowest BCUT2D eigenvalue weighted by molar-refractivity contribution is 0.0936. The van der Waals surface area contributed by atoms with Crippen molar-refractivity contribution in [2.45, 2.75) is 78.4 Å². The van der Waals surface area contributed by atoms with Crippen molar-refractivity contribution in [1.82, 2.24) is 0 Å². The lowest BCUT2D eigenvalue weighted by Gasteiger charge is -2.21. The van der Waals surface area contributed by atoms with Gasteiger partial charge < -0.3 is 10.2 Å². The summed E-state index contributed by atoms with van der Waals surface area (Å²) in [6.07, 6.45) is 3.18. The fourth-order valence-corrected chi connectivity index (χ4v) is 1.53. The first-order chi connectivity index (χ1) is 8.04. The molecule has 0 aromatic heterocycles. The van der Waals surface area contributed by atoms with Gasteiger partial charge in [-0.1, -0.05) is 39.5 Å². The van der Waals surface area contributed by atoms with Crippen molar-refractivity contribution in [1.29, 1.82) is 0 Å². The van der Waals surface area contributed by atoms with Crippen molar-refractivity contribution in [3.05, 3.63) is 0 Å². The fourth-order valence-electron chi connectivity index (χ4n) is 1.53. The molecule has 0 saturated carbocycles. The molecule has 0 heterocycles. The molecule has 0 aliphatic carbocycles. The maximum absolute atomic E-state index is 10.1. The molecule has 2 nitrogen and oxygen atoms in total. The molecular weight excluding hydrogens is 224 g/mol. The summed E-state index contributed by atoms with van der Waals surface area (Å²) < 4.78 is 0. The highest BCUT2D eigenvalue weighted by molar-refractivity contribution is 5.19. The summed E-state index contributed by atoms with van der Waals surface area (Å²) in [5, 5.41) is 20.2. The summed E-state index contributed by atoms with van der Waals surface area (Å²) in [6, 6.07) is 0. The van der Waals surface area contributed by atoms with E-state index in [1.807, 2.05) is 0 Å². The van der Waals surface area contributed by atoms with Gasteiger partial charge in [-0.2, -0.15) is 0 Å². The van der Waals surface area contributed by atoms with Crippen LogP contribution in [0.15, 0.2) is 0 Å². The Hall–Kier alpha value is -0.520. The standard InChI is InChI=1S/C16H30O2/c1-13(2)7-9-15(5,17)11-12-16(6,18)10-8-14(3)4/h13-14,17-18H,7-10H2,1-6H3/t15-,16-/m0/s1. The van der Waals surface area contributed by atoms with E-state index >= 15 is 0 Å². The molecule has 18 heavy (non-hydrogen) atoms. The topological polar surface area (TPSA) is 40.5 Å². The normalized spacial score (nSPS) is 18.1. The summed E-state index contributed by atoms with van der Waals surface area (Å²) in [4.78, 5) is 0. The van der Waals surface area contributed by atoms with E-state index in [9.17, 15) is 10.2 Å². The second kappa shape index (κ2) is 7.16. The van der Waals surface area contributed by atoms with Crippen molar-refractivity contribution in [2.24, 2.45) is 11.8 Å². The Morgan fingerprint density at radius 2 is 1.06 bits per heavy atom. The SMILES string of the molecule is CC(C)CC[C@](C)(O)C#C[C@@](C)(O)CCC(C)C. The average Bonchev–Trinajstić information content (AvgIpc) is 2.22. The van der Waals surface area contributed by atoms with Crippen molar-refractivity contribution in [3.8, 4) is 11.8 Å². The zero-order valence-electron chi connectivity index (χ0n) is 12.9. The van der Waals surface area contributed by atoms with E-state index in [-0.39, 0.29) is 0 Å². The molecular formula is C16H30O2. The molecule has 0 radical (unpaired) electrons. The predicted molar refractivity (Wildman–Crippen MR) is 77.2 cm³/mol. The molecule has 106 valence electrons. The van der Waals surface area contributed by atoms with Gasteiger partial charge in [0.25, 0.3) is 0 Å². The zero-order valence-corrected chi connectivity index (χ0v) is 12.9. The maximum Gasteiger partial charge on any atom is 0.122 e. The molecule has 0 bridgehead atoms. The highest BCUT2D eigenvalue weighted by Gasteiger charge is 2.21. The molecule has 0 aromatic rings. The second-order valence-electron chi connectivity index (χ2n) is 6.66. The van der Waals surface area contributed by atoms with E-state index < -0.39 is 11.2 Å². The number of hydrogen-bond acceptors (Lipinski definition) is 2. The largest absolute Gasteiger partial charge is 0.378 e. The van der Waals surface area contributed by atoms with Crippen molar-refractivity contribution in [2.75, 3.05) is 0 Å².